The summed E-state index contributed by atoms with van der Waals surface area (Å²) < 4.78 is 3.48. The zero-order chi connectivity index (χ0) is 24.1. The zero-order valence-corrected chi connectivity index (χ0v) is 19.7. The van der Waals surface area contributed by atoms with Crippen LogP contribution in [0, 0.1) is 0 Å². The van der Waals surface area contributed by atoms with Crippen molar-refractivity contribution in [1.82, 2.24) is 29.6 Å². The third kappa shape index (κ3) is 3.85. The number of anilines is 3. The monoisotopic (exact) mass is 470 g/mol. The van der Waals surface area contributed by atoms with E-state index in [2.05, 4.69) is 32.7 Å². The van der Waals surface area contributed by atoms with E-state index in [1.807, 2.05) is 18.2 Å². The number of pyridine rings is 1. The number of fused-ring (bicyclic) bond motifs is 2. The van der Waals surface area contributed by atoms with Crippen molar-refractivity contribution in [3.63, 3.8) is 0 Å². The number of rotatable bonds is 5. The number of hydrogen-bond donors (Lipinski definition) is 2. The van der Waals surface area contributed by atoms with E-state index in [0.29, 0.717) is 28.6 Å². The lowest BCUT2D eigenvalue weighted by atomic mass is 10.0. The summed E-state index contributed by atoms with van der Waals surface area (Å²) in [6.45, 7) is 3.32. The predicted molar refractivity (Wildman–Crippen MR) is 133 cm³/mol. The van der Waals surface area contributed by atoms with E-state index >= 15 is 0 Å². The van der Waals surface area contributed by atoms with E-state index < -0.39 is 0 Å². The molecule has 3 aromatic heterocycles. The molecule has 0 saturated heterocycles. The minimum Gasteiger partial charge on any atom is -0.324 e. The van der Waals surface area contributed by atoms with E-state index in [1.54, 1.807) is 28.7 Å². The van der Waals surface area contributed by atoms with Gasteiger partial charge in [0.25, 0.3) is 5.56 Å². The Hall–Kier alpha value is -4.05. The fourth-order valence-electron chi connectivity index (χ4n) is 4.49. The summed E-state index contributed by atoms with van der Waals surface area (Å²) in [7, 11) is 1.68. The van der Waals surface area contributed by atoms with Gasteiger partial charge in [0, 0.05) is 32.4 Å². The van der Waals surface area contributed by atoms with Gasteiger partial charge in [-0.25, -0.2) is 19.3 Å². The predicted octanol–water partition coefficient (Wildman–Crippen LogP) is 2.68. The summed E-state index contributed by atoms with van der Waals surface area (Å²) in [5.74, 6) is 1.31. The largest absolute Gasteiger partial charge is 0.324 e. The van der Waals surface area contributed by atoms with Crippen LogP contribution in [0.15, 0.2) is 47.4 Å². The number of benzene rings is 1. The number of aromatic nitrogens is 5. The number of nitrogens with zero attached hydrogens (tertiary/aromatic N) is 6. The van der Waals surface area contributed by atoms with Crippen LogP contribution in [0.2, 0.25) is 0 Å². The van der Waals surface area contributed by atoms with Gasteiger partial charge in [-0.1, -0.05) is 12.1 Å². The van der Waals surface area contributed by atoms with Crippen molar-refractivity contribution in [2.45, 2.75) is 38.8 Å². The molecule has 1 amide bonds. The first-order valence-electron chi connectivity index (χ1n) is 11.8. The molecule has 4 aromatic rings. The van der Waals surface area contributed by atoms with Crippen molar-refractivity contribution < 1.29 is 4.79 Å². The van der Waals surface area contributed by atoms with Gasteiger partial charge in [-0.3, -0.25) is 9.59 Å². The Morgan fingerprint density at radius 2 is 2.03 bits per heavy atom. The van der Waals surface area contributed by atoms with Crippen molar-refractivity contribution in [2.24, 2.45) is 0 Å². The summed E-state index contributed by atoms with van der Waals surface area (Å²) in [5, 5.41) is 7.12. The van der Waals surface area contributed by atoms with Crippen LogP contribution in [0.5, 0.6) is 0 Å². The molecule has 1 aliphatic carbocycles. The smallest absolute Gasteiger partial charge is 0.278 e. The molecule has 0 atom stereocenters. The molecular formula is C25H26N8O2. The summed E-state index contributed by atoms with van der Waals surface area (Å²) in [6, 6.07) is 11.8. The molecule has 6 rings (SSSR count). The van der Waals surface area contributed by atoms with E-state index in [1.165, 1.54) is 23.0 Å². The first-order chi connectivity index (χ1) is 17.0. The lowest BCUT2D eigenvalue weighted by molar-refractivity contribution is -0.116. The first kappa shape index (κ1) is 21.5. The van der Waals surface area contributed by atoms with Gasteiger partial charge < -0.3 is 15.5 Å². The average molecular weight is 471 g/mol. The Kier molecular flexibility index (Phi) is 5.10. The topological polar surface area (TPSA) is 110 Å². The van der Waals surface area contributed by atoms with Crippen molar-refractivity contribution in [3.05, 3.63) is 64.1 Å². The Morgan fingerprint density at radius 1 is 1.17 bits per heavy atom. The van der Waals surface area contributed by atoms with Crippen LogP contribution in [0.3, 0.4) is 0 Å². The van der Waals surface area contributed by atoms with Gasteiger partial charge in [0.05, 0.1) is 6.04 Å². The second-order valence-corrected chi connectivity index (χ2v) is 9.09. The first-order valence-corrected chi connectivity index (χ1v) is 11.8. The van der Waals surface area contributed by atoms with Crippen LogP contribution in [-0.2, 0) is 17.8 Å². The van der Waals surface area contributed by atoms with Gasteiger partial charge in [0.1, 0.15) is 11.2 Å². The van der Waals surface area contributed by atoms with Gasteiger partial charge in [0.2, 0.25) is 11.9 Å². The van der Waals surface area contributed by atoms with Gasteiger partial charge >= 0.3 is 0 Å². The third-order valence-corrected chi connectivity index (χ3v) is 6.62. The minimum atomic E-state index is -0.138. The Labute approximate surface area is 201 Å². The van der Waals surface area contributed by atoms with E-state index in [0.717, 1.165) is 38.0 Å². The van der Waals surface area contributed by atoms with Crippen LogP contribution in [0.4, 0.5) is 17.5 Å². The van der Waals surface area contributed by atoms with Crippen LogP contribution in [0.25, 0.3) is 16.9 Å². The van der Waals surface area contributed by atoms with E-state index in [9.17, 15) is 9.59 Å². The molecule has 1 aliphatic heterocycles. The highest BCUT2D eigenvalue weighted by molar-refractivity contribution is 5.89. The zero-order valence-electron chi connectivity index (χ0n) is 19.7. The molecule has 0 unspecified atom stereocenters. The van der Waals surface area contributed by atoms with E-state index in [-0.39, 0.29) is 17.5 Å². The van der Waals surface area contributed by atoms with Crippen LogP contribution >= 0.6 is 0 Å². The molecule has 178 valence electrons. The molecule has 4 heterocycles. The quantitative estimate of drug-likeness (QED) is 0.461. The highest BCUT2D eigenvalue weighted by atomic mass is 16.2. The molecule has 1 saturated carbocycles. The number of nitrogens with one attached hydrogen (secondary N) is 2. The number of hydrogen-bond acceptors (Lipinski definition) is 7. The van der Waals surface area contributed by atoms with Gasteiger partial charge in [-0.05, 0) is 61.2 Å². The number of carbonyl (C=O) groups is 1. The minimum absolute atomic E-state index is 0.0947. The van der Waals surface area contributed by atoms with Crippen molar-refractivity contribution in [1.29, 1.82) is 0 Å². The molecule has 2 aliphatic rings. The Balaban J connectivity index is 1.45. The summed E-state index contributed by atoms with van der Waals surface area (Å²) in [4.78, 5) is 40.5. The molecule has 1 aromatic carbocycles. The summed E-state index contributed by atoms with van der Waals surface area (Å²) >= 11 is 0. The molecule has 2 N–H and O–H groups in total. The maximum absolute atomic E-state index is 13.3. The Morgan fingerprint density at radius 3 is 2.83 bits per heavy atom. The maximum Gasteiger partial charge on any atom is 0.278 e. The summed E-state index contributed by atoms with van der Waals surface area (Å²) in [5.41, 5.74) is 3.85. The SMILES string of the molecule is CC(=O)N(C)c1cccc(-n2c3nc(Nc4ccc5c(c4)CNCC5)ncc3c(=O)n2C2CC2)n1. The average Bonchev–Trinajstić information content (AvgIpc) is 3.67. The fraction of sp³-hybridized carbons (Fsp3) is 0.320. The standard InChI is InChI=1S/C25H26N8O2/c1-15(34)31(2)21-4-3-5-22(29-21)33-23-20(24(35)32(33)19-8-9-19)14-27-25(30-23)28-18-7-6-16-10-11-26-13-17(16)12-18/h3-7,12,14,19,26H,8-11,13H2,1-2H3,(H,27,28,30). The Bertz CT molecular complexity index is 1520. The van der Waals surface area contributed by atoms with Gasteiger partial charge in [-0.15, -0.1) is 0 Å². The molecule has 0 radical (unpaired) electrons. The highest BCUT2D eigenvalue weighted by Gasteiger charge is 2.31. The molecule has 0 spiro atoms. The number of carbonyl (C=O) groups excluding carboxylic acids is 1. The molecule has 35 heavy (non-hydrogen) atoms. The molecular weight excluding hydrogens is 444 g/mol. The van der Waals surface area contributed by atoms with Crippen LogP contribution in [0.1, 0.15) is 36.9 Å². The lowest BCUT2D eigenvalue weighted by Crippen LogP contribution is -2.25. The second-order valence-electron chi connectivity index (χ2n) is 9.09. The molecule has 10 nitrogen and oxygen atoms in total. The normalized spacial score (nSPS) is 15.1. The van der Waals surface area contributed by atoms with Crippen LogP contribution in [-0.4, -0.2) is 43.8 Å². The van der Waals surface area contributed by atoms with Crippen LogP contribution < -0.4 is 21.1 Å². The van der Waals surface area contributed by atoms with Crippen molar-refractivity contribution in [2.75, 3.05) is 23.8 Å². The second kappa shape index (κ2) is 8.31. The summed E-state index contributed by atoms with van der Waals surface area (Å²) in [6.07, 6.45) is 4.44. The van der Waals surface area contributed by atoms with Gasteiger partial charge in [-0.2, -0.15) is 4.98 Å². The van der Waals surface area contributed by atoms with E-state index in [4.69, 9.17) is 4.98 Å². The van der Waals surface area contributed by atoms with Crippen molar-refractivity contribution >= 4 is 34.4 Å². The highest BCUT2D eigenvalue weighted by Crippen LogP contribution is 2.35. The maximum atomic E-state index is 13.3. The molecule has 10 heteroatoms. The molecule has 0 bridgehead atoms. The third-order valence-electron chi connectivity index (χ3n) is 6.62. The molecule has 1 fully saturated rings. The fourth-order valence-corrected chi connectivity index (χ4v) is 4.49. The van der Waals surface area contributed by atoms with Crippen molar-refractivity contribution in [3.8, 4) is 5.82 Å². The number of amides is 1. The van der Waals surface area contributed by atoms with Gasteiger partial charge in [0.15, 0.2) is 11.5 Å². The lowest BCUT2D eigenvalue weighted by Gasteiger charge is -2.18.